The lowest BCUT2D eigenvalue weighted by Gasteiger charge is -2.05. The fourth-order valence-electron chi connectivity index (χ4n) is 1.51. The summed E-state index contributed by atoms with van der Waals surface area (Å²) in [6.45, 7) is 5.19. The van der Waals surface area contributed by atoms with Crippen molar-refractivity contribution >= 4 is 17.2 Å². The van der Waals surface area contributed by atoms with Crippen LogP contribution in [-0.4, -0.2) is 16.5 Å². The van der Waals surface area contributed by atoms with E-state index < -0.39 is 0 Å². The molecule has 84 valence electrons. The molecular formula is C12H15N3S. The molecule has 2 aromatic rings. The SMILES string of the molecule is CCCNc1cc(-c2ccsc2C)ncn1. The maximum atomic E-state index is 4.31. The highest BCUT2D eigenvalue weighted by Crippen LogP contribution is 2.26. The monoisotopic (exact) mass is 233 g/mol. The van der Waals surface area contributed by atoms with Crippen molar-refractivity contribution in [2.45, 2.75) is 20.3 Å². The fraction of sp³-hybridized carbons (Fsp3) is 0.333. The number of thiophene rings is 1. The van der Waals surface area contributed by atoms with E-state index in [1.807, 2.05) is 6.07 Å². The van der Waals surface area contributed by atoms with Crippen LogP contribution in [0.2, 0.25) is 0 Å². The highest BCUT2D eigenvalue weighted by molar-refractivity contribution is 7.10. The number of nitrogens with zero attached hydrogens (tertiary/aromatic N) is 2. The normalized spacial score (nSPS) is 10.4. The molecule has 3 nitrogen and oxygen atoms in total. The van der Waals surface area contributed by atoms with E-state index in [1.54, 1.807) is 17.7 Å². The standard InChI is InChI=1S/C12H15N3S/c1-3-5-13-12-7-11(14-8-15-12)10-4-6-16-9(10)2/h4,6-8H,3,5H2,1-2H3,(H,13,14,15). The van der Waals surface area contributed by atoms with E-state index in [9.17, 15) is 0 Å². The van der Waals surface area contributed by atoms with Gasteiger partial charge in [0.1, 0.15) is 12.1 Å². The second kappa shape index (κ2) is 5.07. The van der Waals surface area contributed by atoms with Gasteiger partial charge < -0.3 is 5.32 Å². The summed E-state index contributed by atoms with van der Waals surface area (Å²) in [7, 11) is 0. The zero-order valence-corrected chi connectivity index (χ0v) is 10.3. The largest absolute Gasteiger partial charge is 0.370 e. The summed E-state index contributed by atoms with van der Waals surface area (Å²) in [6.07, 6.45) is 2.71. The first kappa shape index (κ1) is 11.1. The van der Waals surface area contributed by atoms with Gasteiger partial charge >= 0.3 is 0 Å². The molecule has 2 rings (SSSR count). The van der Waals surface area contributed by atoms with Crippen LogP contribution in [0.4, 0.5) is 5.82 Å². The average Bonchev–Trinajstić information content (AvgIpc) is 2.73. The molecule has 0 radical (unpaired) electrons. The van der Waals surface area contributed by atoms with E-state index in [-0.39, 0.29) is 0 Å². The predicted octanol–water partition coefficient (Wildman–Crippen LogP) is 3.34. The molecule has 4 heteroatoms. The van der Waals surface area contributed by atoms with Crippen molar-refractivity contribution in [1.29, 1.82) is 0 Å². The van der Waals surface area contributed by atoms with Crippen LogP contribution >= 0.6 is 11.3 Å². The Morgan fingerprint density at radius 3 is 2.94 bits per heavy atom. The second-order valence-electron chi connectivity index (χ2n) is 3.61. The minimum atomic E-state index is 0.900. The summed E-state index contributed by atoms with van der Waals surface area (Å²) in [5.41, 5.74) is 2.19. The Hall–Kier alpha value is -1.42. The van der Waals surface area contributed by atoms with Crippen molar-refractivity contribution in [3.63, 3.8) is 0 Å². The molecule has 2 aromatic heterocycles. The third kappa shape index (κ3) is 2.39. The maximum absolute atomic E-state index is 4.31. The van der Waals surface area contributed by atoms with Crippen molar-refractivity contribution in [1.82, 2.24) is 9.97 Å². The Balaban J connectivity index is 2.26. The highest BCUT2D eigenvalue weighted by atomic mass is 32.1. The van der Waals surface area contributed by atoms with E-state index in [0.29, 0.717) is 0 Å². The van der Waals surface area contributed by atoms with Gasteiger partial charge in [0, 0.05) is 23.1 Å². The van der Waals surface area contributed by atoms with Gasteiger partial charge in [-0.1, -0.05) is 6.92 Å². The first-order valence-corrected chi connectivity index (χ1v) is 6.29. The molecule has 0 unspecified atom stereocenters. The second-order valence-corrected chi connectivity index (χ2v) is 4.73. The number of aromatic nitrogens is 2. The molecule has 2 heterocycles. The van der Waals surface area contributed by atoms with Gasteiger partial charge in [-0.25, -0.2) is 9.97 Å². The Kier molecular flexibility index (Phi) is 3.51. The van der Waals surface area contributed by atoms with Crippen molar-refractivity contribution in [3.8, 4) is 11.3 Å². The van der Waals surface area contributed by atoms with Crippen LogP contribution in [0.25, 0.3) is 11.3 Å². The van der Waals surface area contributed by atoms with Crippen molar-refractivity contribution in [2.24, 2.45) is 0 Å². The fourth-order valence-corrected chi connectivity index (χ4v) is 2.21. The van der Waals surface area contributed by atoms with E-state index in [0.717, 1.165) is 24.5 Å². The molecule has 16 heavy (non-hydrogen) atoms. The Labute approximate surface area is 99.6 Å². The third-order valence-electron chi connectivity index (χ3n) is 2.36. The predicted molar refractivity (Wildman–Crippen MR) is 68.9 cm³/mol. The molecule has 0 saturated carbocycles. The molecule has 0 bridgehead atoms. The smallest absolute Gasteiger partial charge is 0.129 e. The number of aryl methyl sites for hydroxylation is 1. The van der Waals surface area contributed by atoms with Crippen LogP contribution < -0.4 is 5.32 Å². The Morgan fingerprint density at radius 1 is 1.38 bits per heavy atom. The van der Waals surface area contributed by atoms with Gasteiger partial charge in [0.15, 0.2) is 0 Å². The molecular weight excluding hydrogens is 218 g/mol. The summed E-state index contributed by atoms with van der Waals surface area (Å²) >= 11 is 1.74. The van der Waals surface area contributed by atoms with Crippen LogP contribution in [0.1, 0.15) is 18.2 Å². The van der Waals surface area contributed by atoms with E-state index in [2.05, 4.69) is 40.6 Å². The summed E-state index contributed by atoms with van der Waals surface area (Å²) in [4.78, 5) is 9.80. The molecule has 0 saturated heterocycles. The van der Waals surface area contributed by atoms with Crippen molar-refractivity contribution in [3.05, 3.63) is 28.7 Å². The van der Waals surface area contributed by atoms with Crippen LogP contribution in [0.5, 0.6) is 0 Å². The molecule has 0 atom stereocenters. The molecule has 1 N–H and O–H groups in total. The number of nitrogens with one attached hydrogen (secondary N) is 1. The van der Waals surface area contributed by atoms with Gasteiger partial charge in [-0.3, -0.25) is 0 Å². The lowest BCUT2D eigenvalue weighted by atomic mass is 10.2. The number of anilines is 1. The molecule has 0 spiro atoms. The van der Waals surface area contributed by atoms with Crippen LogP contribution in [0.15, 0.2) is 23.8 Å². The lowest BCUT2D eigenvalue weighted by molar-refractivity contribution is 0.965. The zero-order chi connectivity index (χ0) is 11.4. The molecule has 0 fully saturated rings. The molecule has 0 aliphatic rings. The zero-order valence-electron chi connectivity index (χ0n) is 9.53. The topological polar surface area (TPSA) is 37.8 Å². The summed E-state index contributed by atoms with van der Waals surface area (Å²) in [5, 5.41) is 5.36. The minimum Gasteiger partial charge on any atom is -0.370 e. The highest BCUT2D eigenvalue weighted by Gasteiger charge is 2.05. The lowest BCUT2D eigenvalue weighted by Crippen LogP contribution is -2.02. The third-order valence-corrected chi connectivity index (χ3v) is 3.20. The van der Waals surface area contributed by atoms with Crippen LogP contribution in [0.3, 0.4) is 0 Å². The molecule has 0 aliphatic carbocycles. The van der Waals surface area contributed by atoms with E-state index >= 15 is 0 Å². The maximum Gasteiger partial charge on any atom is 0.129 e. The van der Waals surface area contributed by atoms with Gasteiger partial charge in [-0.15, -0.1) is 11.3 Å². The van der Waals surface area contributed by atoms with E-state index in [1.165, 1.54) is 10.4 Å². The first-order chi connectivity index (χ1) is 7.81. The first-order valence-electron chi connectivity index (χ1n) is 5.41. The van der Waals surface area contributed by atoms with Gasteiger partial charge in [-0.2, -0.15) is 0 Å². The van der Waals surface area contributed by atoms with Gasteiger partial charge in [0.25, 0.3) is 0 Å². The van der Waals surface area contributed by atoms with Crippen LogP contribution in [-0.2, 0) is 0 Å². The van der Waals surface area contributed by atoms with Crippen molar-refractivity contribution < 1.29 is 0 Å². The molecule has 0 aromatic carbocycles. The van der Waals surface area contributed by atoms with Gasteiger partial charge in [0.2, 0.25) is 0 Å². The summed E-state index contributed by atoms with van der Waals surface area (Å²) in [6, 6.07) is 4.11. The molecule has 0 aliphatic heterocycles. The minimum absolute atomic E-state index is 0.900. The van der Waals surface area contributed by atoms with Gasteiger partial charge in [-0.05, 0) is 24.8 Å². The average molecular weight is 233 g/mol. The summed E-state index contributed by atoms with van der Waals surface area (Å²) < 4.78 is 0. The van der Waals surface area contributed by atoms with E-state index in [4.69, 9.17) is 0 Å². The van der Waals surface area contributed by atoms with Crippen LogP contribution in [0, 0.1) is 6.92 Å². The van der Waals surface area contributed by atoms with Gasteiger partial charge in [0.05, 0.1) is 5.69 Å². The van der Waals surface area contributed by atoms with Crippen molar-refractivity contribution in [2.75, 3.05) is 11.9 Å². The number of rotatable bonds is 4. The number of hydrogen-bond acceptors (Lipinski definition) is 4. The Morgan fingerprint density at radius 2 is 2.25 bits per heavy atom. The number of hydrogen-bond donors (Lipinski definition) is 1. The molecule has 0 amide bonds. The summed E-state index contributed by atoms with van der Waals surface area (Å²) in [5.74, 6) is 0.900. The quantitative estimate of drug-likeness (QED) is 0.880. The Bertz CT molecular complexity index is 465.